The normalized spacial score (nSPS) is 21.9. The molecule has 0 spiro atoms. The molecule has 1 atom stereocenters. The first-order chi connectivity index (χ1) is 10.7. The van der Waals surface area contributed by atoms with Crippen LogP contribution in [0.4, 0.5) is 0 Å². The van der Waals surface area contributed by atoms with Crippen molar-refractivity contribution < 1.29 is 13.9 Å². The van der Waals surface area contributed by atoms with E-state index >= 15 is 0 Å². The van der Waals surface area contributed by atoms with E-state index in [0.717, 1.165) is 50.7 Å². The molecule has 5 heteroatoms. The summed E-state index contributed by atoms with van der Waals surface area (Å²) in [5.74, 6) is 2.27. The fourth-order valence-corrected chi connectivity index (χ4v) is 3.46. The third-order valence-corrected chi connectivity index (χ3v) is 4.77. The van der Waals surface area contributed by atoms with Gasteiger partial charge in [0.25, 0.3) is 0 Å². The first-order valence-corrected chi connectivity index (χ1v) is 8.40. The highest BCUT2D eigenvalue weighted by Gasteiger charge is 2.28. The van der Waals surface area contributed by atoms with Crippen LogP contribution >= 0.6 is 0 Å². The molecule has 1 aromatic rings. The number of hydrogen-bond donors (Lipinski definition) is 1. The SMILES string of the molecule is Cc1ccc([C@@H](CNC(=O)C2CCCC2)N2CCOCC2)o1. The van der Waals surface area contributed by atoms with E-state index in [1.54, 1.807) is 0 Å². The van der Waals surface area contributed by atoms with Crippen LogP contribution < -0.4 is 5.32 Å². The number of furan rings is 1. The Labute approximate surface area is 132 Å². The lowest BCUT2D eigenvalue weighted by Gasteiger charge is -2.33. The number of nitrogens with one attached hydrogen (secondary N) is 1. The van der Waals surface area contributed by atoms with Gasteiger partial charge in [-0.15, -0.1) is 0 Å². The predicted octanol–water partition coefficient (Wildman–Crippen LogP) is 2.27. The van der Waals surface area contributed by atoms with Gasteiger partial charge in [0.15, 0.2) is 0 Å². The van der Waals surface area contributed by atoms with Crippen molar-refractivity contribution in [2.75, 3.05) is 32.8 Å². The molecule has 2 fully saturated rings. The molecule has 1 N–H and O–H groups in total. The smallest absolute Gasteiger partial charge is 0.223 e. The van der Waals surface area contributed by atoms with Gasteiger partial charge in [-0.25, -0.2) is 0 Å². The van der Waals surface area contributed by atoms with E-state index in [1.165, 1.54) is 12.8 Å². The fourth-order valence-electron chi connectivity index (χ4n) is 3.46. The Morgan fingerprint density at radius 1 is 1.32 bits per heavy atom. The average Bonchev–Trinajstić information content (AvgIpc) is 3.20. The number of rotatable bonds is 5. The molecule has 122 valence electrons. The number of hydrogen-bond acceptors (Lipinski definition) is 4. The number of carbonyl (C=O) groups is 1. The van der Waals surface area contributed by atoms with Gasteiger partial charge in [0, 0.05) is 25.6 Å². The van der Waals surface area contributed by atoms with Gasteiger partial charge in [0.2, 0.25) is 5.91 Å². The number of amides is 1. The summed E-state index contributed by atoms with van der Waals surface area (Å²) in [6, 6.07) is 4.11. The molecular weight excluding hydrogens is 280 g/mol. The van der Waals surface area contributed by atoms with Gasteiger partial charge in [-0.05, 0) is 31.9 Å². The van der Waals surface area contributed by atoms with Gasteiger partial charge in [-0.3, -0.25) is 9.69 Å². The molecule has 1 aliphatic carbocycles. The lowest BCUT2D eigenvalue weighted by Crippen LogP contribution is -2.44. The quantitative estimate of drug-likeness (QED) is 0.906. The van der Waals surface area contributed by atoms with Crippen LogP contribution in [0.5, 0.6) is 0 Å². The van der Waals surface area contributed by atoms with Gasteiger partial charge in [-0.2, -0.15) is 0 Å². The Morgan fingerprint density at radius 2 is 2.05 bits per heavy atom. The van der Waals surface area contributed by atoms with Crippen LogP contribution in [0.3, 0.4) is 0 Å². The zero-order valence-corrected chi connectivity index (χ0v) is 13.3. The Morgan fingerprint density at radius 3 is 2.68 bits per heavy atom. The van der Waals surface area contributed by atoms with E-state index in [9.17, 15) is 4.79 Å². The number of nitrogens with zero attached hydrogens (tertiary/aromatic N) is 1. The van der Waals surface area contributed by atoms with E-state index < -0.39 is 0 Å². The van der Waals surface area contributed by atoms with Crippen molar-refractivity contribution >= 4 is 5.91 Å². The molecule has 2 aliphatic rings. The van der Waals surface area contributed by atoms with Crippen molar-refractivity contribution in [2.45, 2.75) is 38.6 Å². The number of morpholine rings is 1. The molecule has 2 heterocycles. The molecule has 0 aromatic carbocycles. The molecule has 1 aliphatic heterocycles. The Bertz CT molecular complexity index is 488. The minimum absolute atomic E-state index is 0.1000. The van der Waals surface area contributed by atoms with E-state index in [-0.39, 0.29) is 17.9 Å². The fraction of sp³-hybridized carbons (Fsp3) is 0.706. The maximum Gasteiger partial charge on any atom is 0.223 e. The molecule has 22 heavy (non-hydrogen) atoms. The first-order valence-electron chi connectivity index (χ1n) is 8.40. The number of carbonyl (C=O) groups excluding carboxylic acids is 1. The largest absolute Gasteiger partial charge is 0.465 e. The summed E-state index contributed by atoms with van der Waals surface area (Å²) in [6.45, 7) is 5.81. The van der Waals surface area contributed by atoms with Crippen LogP contribution in [0.15, 0.2) is 16.5 Å². The second kappa shape index (κ2) is 7.29. The number of ether oxygens (including phenoxy) is 1. The summed E-state index contributed by atoms with van der Waals surface area (Å²) in [7, 11) is 0. The van der Waals surface area contributed by atoms with Crippen molar-refractivity contribution in [3.8, 4) is 0 Å². The van der Waals surface area contributed by atoms with Crippen LogP contribution in [0.25, 0.3) is 0 Å². The van der Waals surface area contributed by atoms with E-state index in [4.69, 9.17) is 9.15 Å². The summed E-state index contributed by atoms with van der Waals surface area (Å²) in [5, 5.41) is 3.15. The summed E-state index contributed by atoms with van der Waals surface area (Å²) >= 11 is 0. The van der Waals surface area contributed by atoms with Crippen molar-refractivity contribution in [2.24, 2.45) is 5.92 Å². The molecule has 3 rings (SSSR count). The zero-order valence-electron chi connectivity index (χ0n) is 13.3. The second-order valence-electron chi connectivity index (χ2n) is 6.34. The Balaban J connectivity index is 1.63. The number of aryl methyl sites for hydroxylation is 1. The van der Waals surface area contributed by atoms with Gasteiger partial charge < -0.3 is 14.5 Å². The topological polar surface area (TPSA) is 54.7 Å². The standard InChI is InChI=1S/C17H26N2O3/c1-13-6-7-16(22-13)15(19-8-10-21-11-9-19)12-18-17(20)14-4-2-3-5-14/h6-7,14-15H,2-5,8-12H2,1H3,(H,18,20)/t15-/m1/s1. The Kier molecular flexibility index (Phi) is 5.16. The molecule has 0 unspecified atom stereocenters. The molecule has 1 aromatic heterocycles. The van der Waals surface area contributed by atoms with Crippen LogP contribution in [-0.4, -0.2) is 43.7 Å². The van der Waals surface area contributed by atoms with E-state index in [0.29, 0.717) is 6.54 Å². The maximum absolute atomic E-state index is 12.3. The Hall–Kier alpha value is -1.33. The third-order valence-electron chi connectivity index (χ3n) is 4.77. The first kappa shape index (κ1) is 15.6. The highest BCUT2D eigenvalue weighted by atomic mass is 16.5. The summed E-state index contributed by atoms with van der Waals surface area (Å²) < 4.78 is 11.3. The summed E-state index contributed by atoms with van der Waals surface area (Å²) in [6.07, 6.45) is 4.44. The van der Waals surface area contributed by atoms with Crippen molar-refractivity contribution in [1.82, 2.24) is 10.2 Å². The molecule has 0 bridgehead atoms. The van der Waals surface area contributed by atoms with E-state index in [1.807, 2.05) is 19.1 Å². The van der Waals surface area contributed by atoms with Crippen molar-refractivity contribution in [3.05, 3.63) is 23.7 Å². The van der Waals surface area contributed by atoms with Crippen molar-refractivity contribution in [3.63, 3.8) is 0 Å². The molecule has 0 radical (unpaired) electrons. The molecule has 1 saturated carbocycles. The van der Waals surface area contributed by atoms with Crippen LogP contribution in [0, 0.1) is 12.8 Å². The lowest BCUT2D eigenvalue weighted by molar-refractivity contribution is -0.125. The van der Waals surface area contributed by atoms with Gasteiger partial charge in [-0.1, -0.05) is 12.8 Å². The zero-order chi connectivity index (χ0) is 15.4. The average molecular weight is 306 g/mol. The van der Waals surface area contributed by atoms with Crippen molar-refractivity contribution in [1.29, 1.82) is 0 Å². The van der Waals surface area contributed by atoms with Gasteiger partial charge >= 0.3 is 0 Å². The molecule has 1 saturated heterocycles. The minimum Gasteiger partial charge on any atom is -0.465 e. The van der Waals surface area contributed by atoms with Gasteiger partial charge in [0.05, 0.1) is 19.3 Å². The monoisotopic (exact) mass is 306 g/mol. The van der Waals surface area contributed by atoms with Crippen LogP contribution in [0.2, 0.25) is 0 Å². The molecular formula is C17H26N2O3. The van der Waals surface area contributed by atoms with Crippen LogP contribution in [-0.2, 0) is 9.53 Å². The predicted molar refractivity (Wildman–Crippen MR) is 83.5 cm³/mol. The van der Waals surface area contributed by atoms with Crippen LogP contribution in [0.1, 0.15) is 43.2 Å². The molecule has 5 nitrogen and oxygen atoms in total. The summed E-state index contributed by atoms with van der Waals surface area (Å²) in [4.78, 5) is 14.6. The minimum atomic E-state index is 0.1000. The lowest BCUT2D eigenvalue weighted by atomic mass is 10.1. The maximum atomic E-state index is 12.3. The highest BCUT2D eigenvalue weighted by Crippen LogP contribution is 2.26. The summed E-state index contributed by atoms with van der Waals surface area (Å²) in [5.41, 5.74) is 0. The molecule has 1 amide bonds. The highest BCUT2D eigenvalue weighted by molar-refractivity contribution is 5.78. The second-order valence-corrected chi connectivity index (χ2v) is 6.34. The third kappa shape index (κ3) is 3.70. The van der Waals surface area contributed by atoms with Gasteiger partial charge in [0.1, 0.15) is 11.5 Å². The van der Waals surface area contributed by atoms with E-state index in [2.05, 4.69) is 10.2 Å².